The molecule has 10 nitrogen and oxygen atoms in total. The van der Waals surface area contributed by atoms with Crippen LogP contribution >= 0.6 is 0 Å². The SMILES string of the molecule is CCCCCOC(=O)c1ccc2c3c(C(=O)O)cc(C(=O)O)c4c(C(=O)O)ccc(c5ccc(C(=O)O)c1c52)c43. The summed E-state index contributed by atoms with van der Waals surface area (Å²) >= 11 is 0. The van der Waals surface area contributed by atoms with E-state index in [4.69, 9.17) is 4.74 Å². The van der Waals surface area contributed by atoms with Gasteiger partial charge in [-0.1, -0.05) is 38.0 Å². The van der Waals surface area contributed by atoms with E-state index in [0.29, 0.717) is 17.2 Å². The van der Waals surface area contributed by atoms with E-state index in [9.17, 15) is 44.4 Å². The number of aromatic carboxylic acids is 4. The van der Waals surface area contributed by atoms with Crippen LogP contribution in [0.1, 0.15) is 78.0 Å². The molecule has 0 unspecified atom stereocenters. The molecular formula is C30H22O10. The number of unbranched alkanes of at least 4 members (excludes halogenated alkanes) is 2. The molecule has 40 heavy (non-hydrogen) atoms. The molecule has 0 heterocycles. The zero-order chi connectivity index (χ0) is 28.9. The lowest BCUT2D eigenvalue weighted by Gasteiger charge is -2.20. The summed E-state index contributed by atoms with van der Waals surface area (Å²) in [7, 11) is 0. The van der Waals surface area contributed by atoms with Crippen LogP contribution in [0.15, 0.2) is 42.5 Å². The van der Waals surface area contributed by atoms with Gasteiger partial charge in [-0.05, 0) is 57.6 Å². The third kappa shape index (κ3) is 3.92. The third-order valence-corrected chi connectivity index (χ3v) is 7.13. The molecule has 0 aliphatic heterocycles. The second-order valence-corrected chi connectivity index (χ2v) is 9.39. The largest absolute Gasteiger partial charge is 0.478 e. The van der Waals surface area contributed by atoms with Crippen molar-refractivity contribution in [2.24, 2.45) is 0 Å². The summed E-state index contributed by atoms with van der Waals surface area (Å²) in [6.45, 7) is 2.13. The number of hydrogen-bond donors (Lipinski definition) is 4. The topological polar surface area (TPSA) is 176 Å². The molecular weight excluding hydrogens is 520 g/mol. The summed E-state index contributed by atoms with van der Waals surface area (Å²) in [6, 6.07) is 9.16. The van der Waals surface area contributed by atoms with Crippen LogP contribution in [0.25, 0.3) is 43.1 Å². The number of carboxylic acid groups (broad SMARTS) is 4. The minimum absolute atomic E-state index is 0.0182. The average molecular weight is 542 g/mol. The molecule has 0 saturated heterocycles. The first-order valence-corrected chi connectivity index (χ1v) is 12.4. The van der Waals surface area contributed by atoms with Crippen molar-refractivity contribution >= 4 is 72.9 Å². The molecule has 5 aromatic carbocycles. The summed E-state index contributed by atoms with van der Waals surface area (Å²) in [6.07, 6.45) is 2.38. The molecule has 0 saturated carbocycles. The van der Waals surface area contributed by atoms with Crippen LogP contribution in [0, 0.1) is 0 Å². The second-order valence-electron chi connectivity index (χ2n) is 9.39. The lowest BCUT2D eigenvalue weighted by molar-refractivity contribution is 0.0499. The molecule has 0 aliphatic rings. The number of rotatable bonds is 9. The number of esters is 1. The van der Waals surface area contributed by atoms with Crippen molar-refractivity contribution in [2.45, 2.75) is 26.2 Å². The van der Waals surface area contributed by atoms with E-state index in [1.54, 1.807) is 0 Å². The number of carbonyl (C=O) groups is 5. The Morgan fingerprint density at radius 2 is 1.02 bits per heavy atom. The van der Waals surface area contributed by atoms with Gasteiger partial charge in [0.15, 0.2) is 0 Å². The first kappa shape index (κ1) is 26.4. The standard InChI is InChI=1S/C30H22O10/c1-2-3-4-11-40-30(39)18-10-7-15-21-13(5-8-16(23(18)21)26(31)32)14-6-9-17(27(33)34)24-20(29(37)38)12-19(28(35)36)22(15)25(14)24/h5-10,12H,2-4,11H2,1H3,(H,31,32)(H,33,34)(H,35,36)(H,37,38). The number of ether oxygens (including phenoxy) is 1. The molecule has 5 rings (SSSR count). The molecule has 10 heteroatoms. The van der Waals surface area contributed by atoms with Gasteiger partial charge in [0, 0.05) is 16.2 Å². The molecule has 4 N–H and O–H groups in total. The van der Waals surface area contributed by atoms with Crippen molar-refractivity contribution in [1.29, 1.82) is 0 Å². The highest BCUT2D eigenvalue weighted by atomic mass is 16.5. The molecule has 0 atom stereocenters. The van der Waals surface area contributed by atoms with E-state index in [-0.39, 0.29) is 55.6 Å². The number of hydrogen-bond acceptors (Lipinski definition) is 6. The van der Waals surface area contributed by atoms with Crippen LogP contribution in [0.5, 0.6) is 0 Å². The summed E-state index contributed by atoms with van der Waals surface area (Å²) in [5.41, 5.74) is -1.46. The Balaban J connectivity index is 2.02. The summed E-state index contributed by atoms with van der Waals surface area (Å²) in [4.78, 5) is 62.2. The smallest absolute Gasteiger partial charge is 0.338 e. The summed E-state index contributed by atoms with van der Waals surface area (Å²) in [5.74, 6) is -6.43. The Labute approximate surface area is 225 Å². The fraction of sp³-hybridized carbons (Fsp3) is 0.167. The van der Waals surface area contributed by atoms with Gasteiger partial charge in [-0.3, -0.25) is 0 Å². The van der Waals surface area contributed by atoms with Gasteiger partial charge in [-0.2, -0.15) is 0 Å². The van der Waals surface area contributed by atoms with Gasteiger partial charge in [-0.15, -0.1) is 0 Å². The van der Waals surface area contributed by atoms with Gasteiger partial charge < -0.3 is 25.2 Å². The molecule has 202 valence electrons. The third-order valence-electron chi connectivity index (χ3n) is 7.13. The predicted octanol–water partition coefficient (Wildman–Crippen LogP) is 5.88. The average Bonchev–Trinajstić information content (AvgIpc) is 2.92. The lowest BCUT2D eigenvalue weighted by Crippen LogP contribution is -2.11. The molecule has 0 fully saturated rings. The van der Waals surface area contributed by atoms with Crippen molar-refractivity contribution in [3.05, 3.63) is 70.3 Å². The number of carbonyl (C=O) groups excluding carboxylic acids is 1. The fourth-order valence-electron chi connectivity index (χ4n) is 5.46. The lowest BCUT2D eigenvalue weighted by atomic mass is 9.82. The van der Waals surface area contributed by atoms with Crippen LogP contribution in [0.4, 0.5) is 0 Å². The predicted molar refractivity (Wildman–Crippen MR) is 145 cm³/mol. The molecule has 0 amide bonds. The maximum absolute atomic E-state index is 13.1. The van der Waals surface area contributed by atoms with Crippen molar-refractivity contribution in [1.82, 2.24) is 0 Å². The van der Waals surface area contributed by atoms with Gasteiger partial charge >= 0.3 is 29.8 Å². The van der Waals surface area contributed by atoms with Gasteiger partial charge in [-0.25, -0.2) is 24.0 Å². The van der Waals surface area contributed by atoms with Gasteiger partial charge in [0.05, 0.1) is 34.4 Å². The van der Waals surface area contributed by atoms with Crippen LogP contribution in [0.2, 0.25) is 0 Å². The normalized spacial score (nSPS) is 11.4. The highest BCUT2D eigenvalue weighted by molar-refractivity contribution is 6.40. The summed E-state index contributed by atoms with van der Waals surface area (Å²) in [5, 5.41) is 41.1. The molecule has 5 aromatic rings. The van der Waals surface area contributed by atoms with E-state index in [1.165, 1.54) is 36.4 Å². The van der Waals surface area contributed by atoms with Crippen LogP contribution < -0.4 is 0 Å². The van der Waals surface area contributed by atoms with Crippen molar-refractivity contribution in [2.75, 3.05) is 6.61 Å². The van der Waals surface area contributed by atoms with Gasteiger partial charge in [0.25, 0.3) is 0 Å². The van der Waals surface area contributed by atoms with E-state index >= 15 is 0 Å². The Morgan fingerprint density at radius 3 is 1.57 bits per heavy atom. The highest BCUT2D eigenvalue weighted by Crippen LogP contribution is 2.45. The van der Waals surface area contributed by atoms with Crippen molar-refractivity contribution < 1.29 is 49.1 Å². The van der Waals surface area contributed by atoms with E-state index in [0.717, 1.165) is 18.9 Å². The van der Waals surface area contributed by atoms with Crippen LogP contribution in [-0.2, 0) is 4.74 Å². The van der Waals surface area contributed by atoms with Gasteiger partial charge in [0.2, 0.25) is 0 Å². The van der Waals surface area contributed by atoms with Crippen molar-refractivity contribution in [3.8, 4) is 0 Å². The highest BCUT2D eigenvalue weighted by Gasteiger charge is 2.29. The van der Waals surface area contributed by atoms with Crippen LogP contribution in [0.3, 0.4) is 0 Å². The first-order chi connectivity index (χ1) is 19.1. The Morgan fingerprint density at radius 1 is 0.550 bits per heavy atom. The fourth-order valence-corrected chi connectivity index (χ4v) is 5.46. The van der Waals surface area contributed by atoms with Gasteiger partial charge in [0.1, 0.15) is 0 Å². The summed E-state index contributed by atoms with van der Waals surface area (Å²) < 4.78 is 5.42. The minimum Gasteiger partial charge on any atom is -0.478 e. The number of benzene rings is 5. The monoisotopic (exact) mass is 542 g/mol. The van der Waals surface area contributed by atoms with E-state index in [2.05, 4.69) is 0 Å². The first-order valence-electron chi connectivity index (χ1n) is 12.4. The Bertz CT molecular complexity index is 1920. The zero-order valence-corrected chi connectivity index (χ0v) is 21.1. The zero-order valence-electron chi connectivity index (χ0n) is 21.1. The maximum atomic E-state index is 13.1. The van der Waals surface area contributed by atoms with E-state index < -0.39 is 41.0 Å². The minimum atomic E-state index is -1.51. The Kier molecular flexibility index (Phi) is 6.46. The quantitative estimate of drug-likeness (QED) is 0.0762. The molecule has 0 spiro atoms. The maximum Gasteiger partial charge on any atom is 0.338 e. The van der Waals surface area contributed by atoms with E-state index in [1.807, 2.05) is 6.92 Å². The van der Waals surface area contributed by atoms with Crippen molar-refractivity contribution in [3.63, 3.8) is 0 Å². The Hall–Kier alpha value is -5.25. The molecule has 0 radical (unpaired) electrons. The van der Waals surface area contributed by atoms with Crippen LogP contribution in [-0.4, -0.2) is 56.9 Å². The molecule has 0 aromatic heterocycles. The number of fused-ring (bicyclic) bond motifs is 2. The molecule has 0 bridgehead atoms. The second kappa shape index (κ2) is 9.81. The number of carboxylic acids is 4. The molecule has 0 aliphatic carbocycles.